The van der Waals surface area contributed by atoms with E-state index in [0.717, 1.165) is 11.8 Å². The maximum Gasteiger partial charge on any atom is 0.262 e. The minimum atomic E-state index is -0.652. The van der Waals surface area contributed by atoms with Crippen molar-refractivity contribution in [2.45, 2.75) is 11.7 Å². The molecule has 5 N–H and O–H groups in total. The third-order valence-electron chi connectivity index (χ3n) is 2.53. The molecule has 0 spiro atoms. The Bertz CT molecular complexity index is 688. The lowest BCUT2D eigenvalue weighted by molar-refractivity contribution is -0.121. The van der Waals surface area contributed by atoms with Crippen LogP contribution in [0.4, 0.5) is 5.69 Å². The highest BCUT2D eigenvalue weighted by Crippen LogP contribution is 2.27. The van der Waals surface area contributed by atoms with E-state index in [1.54, 1.807) is 12.1 Å². The molecule has 1 atom stereocenters. The smallest absolute Gasteiger partial charge is 0.262 e. The Kier molecular flexibility index (Phi) is 5.28. The molecule has 0 saturated carbocycles. The van der Waals surface area contributed by atoms with Gasteiger partial charge in [-0.05, 0) is 18.2 Å². The molecule has 0 aliphatic carbocycles. The van der Waals surface area contributed by atoms with Crippen molar-refractivity contribution < 1.29 is 9.59 Å². The number of amides is 2. The molecule has 10 heteroatoms. The summed E-state index contributed by atoms with van der Waals surface area (Å²) in [4.78, 5) is 31.0. The molecule has 0 fully saturated rings. The zero-order chi connectivity index (χ0) is 16.3. The topological polar surface area (TPSA) is 123 Å². The number of carbonyl (C=O) groups is 2. The summed E-state index contributed by atoms with van der Waals surface area (Å²) >= 11 is 12.7. The molecule has 0 radical (unpaired) electrons. The minimum Gasteiger partial charge on any atom is -0.370 e. The number of thioether (sulfide) groups is 1. The summed E-state index contributed by atoms with van der Waals surface area (Å²) in [5.74, 6) is -1.00. The summed E-state index contributed by atoms with van der Waals surface area (Å²) in [7, 11) is 0. The van der Waals surface area contributed by atoms with Crippen molar-refractivity contribution in [3.05, 3.63) is 28.2 Å². The van der Waals surface area contributed by atoms with Crippen LogP contribution in [-0.2, 0) is 9.59 Å². The highest BCUT2D eigenvalue weighted by atomic mass is 35.5. The van der Waals surface area contributed by atoms with E-state index >= 15 is 0 Å². The summed E-state index contributed by atoms with van der Waals surface area (Å²) in [5.41, 5.74) is 10.9. The lowest BCUT2D eigenvalue weighted by atomic mass is 10.2. The zero-order valence-corrected chi connectivity index (χ0v) is 13.4. The van der Waals surface area contributed by atoms with Gasteiger partial charge in [-0.3, -0.25) is 9.59 Å². The monoisotopic (exact) mass is 359 g/mol. The molecule has 0 unspecified atom stereocenters. The molecule has 1 aliphatic heterocycles. The van der Waals surface area contributed by atoms with Gasteiger partial charge in [-0.25, -0.2) is 0 Å². The number of nitrogens with one attached hydrogen (secondary N) is 1. The number of guanidine groups is 1. The van der Waals surface area contributed by atoms with Gasteiger partial charge in [0.2, 0.25) is 5.91 Å². The van der Waals surface area contributed by atoms with Crippen LogP contribution in [0.5, 0.6) is 0 Å². The van der Waals surface area contributed by atoms with Crippen LogP contribution in [0.2, 0.25) is 10.0 Å². The number of rotatable bonds is 3. The quantitative estimate of drug-likeness (QED) is 0.558. The van der Waals surface area contributed by atoms with Crippen molar-refractivity contribution in [3.63, 3.8) is 0 Å². The molecule has 1 aromatic rings. The van der Waals surface area contributed by atoms with Crippen LogP contribution in [0, 0.1) is 0 Å². The van der Waals surface area contributed by atoms with E-state index in [1.165, 1.54) is 6.07 Å². The summed E-state index contributed by atoms with van der Waals surface area (Å²) in [5, 5.41) is 2.84. The van der Waals surface area contributed by atoms with Gasteiger partial charge >= 0.3 is 0 Å². The molecular formula is C12H11Cl2N5O2S. The van der Waals surface area contributed by atoms with Crippen molar-refractivity contribution in [2.75, 3.05) is 5.32 Å². The van der Waals surface area contributed by atoms with Crippen molar-refractivity contribution in [3.8, 4) is 0 Å². The van der Waals surface area contributed by atoms with Gasteiger partial charge in [0.1, 0.15) is 5.25 Å². The molecule has 1 heterocycles. The highest BCUT2D eigenvalue weighted by Gasteiger charge is 2.30. The number of hydrogen-bond acceptors (Lipinski definition) is 4. The Balaban J connectivity index is 1.94. The van der Waals surface area contributed by atoms with Crippen molar-refractivity contribution in [1.82, 2.24) is 0 Å². The fourth-order valence-corrected chi connectivity index (χ4v) is 2.86. The third kappa shape index (κ3) is 4.36. The second kappa shape index (κ2) is 6.99. The van der Waals surface area contributed by atoms with E-state index in [-0.39, 0.29) is 23.5 Å². The molecule has 1 aliphatic rings. The van der Waals surface area contributed by atoms with E-state index in [2.05, 4.69) is 15.3 Å². The van der Waals surface area contributed by atoms with Crippen molar-refractivity contribution in [1.29, 1.82) is 0 Å². The van der Waals surface area contributed by atoms with Gasteiger partial charge in [-0.15, -0.1) is 0 Å². The lowest BCUT2D eigenvalue weighted by Gasteiger charge is -2.08. The normalized spacial score (nSPS) is 17.1. The Hall–Kier alpha value is -1.77. The maximum atomic E-state index is 12.0. The molecule has 2 rings (SSSR count). The van der Waals surface area contributed by atoms with Gasteiger partial charge in [-0.1, -0.05) is 35.0 Å². The van der Waals surface area contributed by atoms with Crippen molar-refractivity contribution in [2.24, 2.45) is 21.5 Å². The summed E-state index contributed by atoms with van der Waals surface area (Å²) in [6, 6.07) is 4.69. The fraction of sp³-hybridized carbons (Fsp3) is 0.167. The number of aliphatic imine (C=N–C) groups is 2. The van der Waals surface area contributed by atoms with Crippen LogP contribution in [0.3, 0.4) is 0 Å². The van der Waals surface area contributed by atoms with Gasteiger partial charge in [0.05, 0.1) is 10.0 Å². The maximum absolute atomic E-state index is 12.0. The number of benzene rings is 1. The first-order chi connectivity index (χ1) is 10.3. The van der Waals surface area contributed by atoms with E-state index < -0.39 is 11.2 Å². The summed E-state index contributed by atoms with van der Waals surface area (Å²) in [6.45, 7) is 0. The number of hydrogen-bond donors (Lipinski definition) is 3. The molecule has 7 nitrogen and oxygen atoms in total. The van der Waals surface area contributed by atoms with Crippen LogP contribution in [0.15, 0.2) is 28.2 Å². The van der Waals surface area contributed by atoms with E-state index in [9.17, 15) is 9.59 Å². The van der Waals surface area contributed by atoms with Crippen molar-refractivity contribution >= 4 is 63.6 Å². The number of anilines is 1. The molecule has 0 saturated heterocycles. The Morgan fingerprint density at radius 3 is 2.73 bits per heavy atom. The molecule has 0 bridgehead atoms. The average molecular weight is 360 g/mol. The van der Waals surface area contributed by atoms with Crippen LogP contribution in [-0.4, -0.2) is 28.2 Å². The second-order valence-electron chi connectivity index (χ2n) is 4.26. The Labute approximate surface area is 140 Å². The molecule has 22 heavy (non-hydrogen) atoms. The average Bonchev–Trinajstić information content (AvgIpc) is 2.73. The predicted molar refractivity (Wildman–Crippen MR) is 89.3 cm³/mol. The van der Waals surface area contributed by atoms with Gasteiger partial charge in [0.15, 0.2) is 11.1 Å². The first-order valence-corrected chi connectivity index (χ1v) is 7.62. The predicted octanol–water partition coefficient (Wildman–Crippen LogP) is 1.59. The first kappa shape index (κ1) is 16.6. The molecule has 116 valence electrons. The largest absolute Gasteiger partial charge is 0.370 e. The van der Waals surface area contributed by atoms with Gasteiger partial charge in [-0.2, -0.15) is 9.98 Å². The van der Waals surface area contributed by atoms with Crippen LogP contribution in [0.25, 0.3) is 0 Å². The molecule has 2 amide bonds. The van der Waals surface area contributed by atoms with Gasteiger partial charge < -0.3 is 16.8 Å². The van der Waals surface area contributed by atoms with E-state index in [0.29, 0.717) is 15.7 Å². The fourth-order valence-electron chi connectivity index (χ4n) is 1.62. The molecular weight excluding hydrogens is 349 g/mol. The number of carbonyl (C=O) groups excluding carboxylic acids is 2. The van der Waals surface area contributed by atoms with Gasteiger partial charge in [0.25, 0.3) is 5.91 Å². The molecule has 1 aromatic carbocycles. The lowest BCUT2D eigenvalue weighted by Crippen LogP contribution is -2.23. The summed E-state index contributed by atoms with van der Waals surface area (Å²) < 4.78 is 0. The first-order valence-electron chi connectivity index (χ1n) is 5.99. The standard InChI is InChI=1S/C12H11Cl2N5O2S/c13-6-2-1-5(3-7(6)14)17-9(20)4-8-10(21)18-12(22-8)19-11(15)16/h1-3,8H,4H2,(H,17,20)(H4,15,16,18,19,21)/t8-/m0/s1. The van der Waals surface area contributed by atoms with E-state index in [1.807, 2.05) is 0 Å². The van der Waals surface area contributed by atoms with Crippen LogP contribution >= 0.6 is 35.0 Å². The zero-order valence-electron chi connectivity index (χ0n) is 11.0. The van der Waals surface area contributed by atoms with Crippen LogP contribution in [0.1, 0.15) is 6.42 Å². The second-order valence-corrected chi connectivity index (χ2v) is 6.24. The van der Waals surface area contributed by atoms with Crippen LogP contribution < -0.4 is 16.8 Å². The number of nitrogens with two attached hydrogens (primary N) is 2. The Morgan fingerprint density at radius 1 is 1.36 bits per heavy atom. The minimum absolute atomic E-state index is 0.0588. The van der Waals surface area contributed by atoms with Gasteiger partial charge in [0, 0.05) is 12.1 Å². The SMILES string of the molecule is NC(N)=NC1=NC(=O)[C@H](CC(=O)Nc2ccc(Cl)c(Cl)c2)S1. The number of nitrogens with zero attached hydrogens (tertiary/aromatic N) is 2. The summed E-state index contributed by atoms with van der Waals surface area (Å²) in [6.07, 6.45) is -0.0588. The number of amidine groups is 1. The van der Waals surface area contributed by atoms with E-state index in [4.69, 9.17) is 34.7 Å². The third-order valence-corrected chi connectivity index (χ3v) is 4.31. The molecule has 0 aromatic heterocycles. The number of halogens is 2. The highest BCUT2D eigenvalue weighted by molar-refractivity contribution is 8.15. The Morgan fingerprint density at radius 2 is 2.09 bits per heavy atom.